The van der Waals surface area contributed by atoms with E-state index in [0.717, 1.165) is 21.9 Å². The van der Waals surface area contributed by atoms with Crippen LogP contribution < -0.4 is 11.1 Å². The third-order valence-corrected chi connectivity index (χ3v) is 4.76. The van der Waals surface area contributed by atoms with Crippen molar-refractivity contribution < 1.29 is 14.3 Å². The minimum atomic E-state index is -1.40. The lowest BCUT2D eigenvalue weighted by molar-refractivity contribution is -0.138. The fourth-order valence-electron chi connectivity index (χ4n) is 3.35. The summed E-state index contributed by atoms with van der Waals surface area (Å²) in [6.45, 7) is 2.04. The zero-order valence-corrected chi connectivity index (χ0v) is 15.9. The monoisotopic (exact) mass is 376 g/mol. The zero-order valence-electron chi connectivity index (χ0n) is 15.9. The molecule has 28 heavy (non-hydrogen) atoms. The Kier molecular flexibility index (Phi) is 5.94. The van der Waals surface area contributed by atoms with Crippen LogP contribution in [0.15, 0.2) is 72.8 Å². The van der Waals surface area contributed by atoms with Crippen molar-refractivity contribution in [3.8, 4) is 0 Å². The maximum absolute atomic E-state index is 12.9. The molecular weight excluding hydrogens is 352 g/mol. The number of benzene rings is 3. The van der Waals surface area contributed by atoms with Crippen LogP contribution in [0.3, 0.4) is 0 Å². The van der Waals surface area contributed by atoms with Crippen LogP contribution in [0, 0.1) is 0 Å². The lowest BCUT2D eigenvalue weighted by atomic mass is 9.91. The van der Waals surface area contributed by atoms with Crippen LogP contribution in [-0.2, 0) is 22.4 Å². The van der Waals surface area contributed by atoms with E-state index in [1.807, 2.05) is 72.8 Å². The molecule has 0 fully saturated rings. The molecule has 0 saturated heterocycles. The number of ether oxygens (including phenoxy) is 1. The van der Waals surface area contributed by atoms with E-state index < -0.39 is 11.7 Å². The molecule has 1 atom stereocenters. The second-order valence-electron chi connectivity index (χ2n) is 6.96. The number of fused-ring (bicyclic) bond motifs is 1. The highest BCUT2D eigenvalue weighted by Crippen LogP contribution is 2.25. The number of carbonyl (C=O) groups is 2. The first kappa shape index (κ1) is 19.4. The molecule has 2 amide bonds. The van der Waals surface area contributed by atoms with Gasteiger partial charge in [-0.15, -0.1) is 0 Å². The first-order valence-corrected chi connectivity index (χ1v) is 9.25. The largest absolute Gasteiger partial charge is 0.433 e. The van der Waals surface area contributed by atoms with Crippen LogP contribution in [0.1, 0.15) is 18.1 Å². The molecule has 0 saturated carbocycles. The van der Waals surface area contributed by atoms with Crippen molar-refractivity contribution in [1.29, 1.82) is 0 Å². The fourth-order valence-corrected chi connectivity index (χ4v) is 3.35. The Bertz CT molecular complexity index is 967. The van der Waals surface area contributed by atoms with Crippen LogP contribution in [0.5, 0.6) is 0 Å². The van der Waals surface area contributed by atoms with Gasteiger partial charge in [0.1, 0.15) is 0 Å². The Labute approximate surface area is 164 Å². The first-order chi connectivity index (χ1) is 13.5. The molecule has 0 aliphatic rings. The molecule has 144 valence electrons. The average Bonchev–Trinajstić information content (AvgIpc) is 2.68. The Balaban J connectivity index is 1.77. The minimum Gasteiger partial charge on any atom is -0.433 e. The van der Waals surface area contributed by atoms with Gasteiger partial charge in [0.15, 0.2) is 5.60 Å². The van der Waals surface area contributed by atoms with Crippen LogP contribution in [0.25, 0.3) is 10.8 Å². The molecule has 0 aromatic heterocycles. The van der Waals surface area contributed by atoms with Crippen molar-refractivity contribution in [2.24, 2.45) is 5.73 Å². The molecule has 3 aromatic carbocycles. The number of primary amides is 1. The van der Waals surface area contributed by atoms with E-state index in [-0.39, 0.29) is 12.3 Å². The summed E-state index contributed by atoms with van der Waals surface area (Å²) in [5.74, 6) is -0.366. The van der Waals surface area contributed by atoms with Gasteiger partial charge in [-0.25, -0.2) is 4.79 Å². The van der Waals surface area contributed by atoms with Gasteiger partial charge >= 0.3 is 6.09 Å². The van der Waals surface area contributed by atoms with Crippen molar-refractivity contribution in [3.05, 3.63) is 83.9 Å². The Morgan fingerprint density at radius 2 is 1.64 bits per heavy atom. The molecule has 3 rings (SSSR count). The third kappa shape index (κ3) is 4.68. The van der Waals surface area contributed by atoms with Crippen molar-refractivity contribution in [3.63, 3.8) is 0 Å². The highest BCUT2D eigenvalue weighted by atomic mass is 16.6. The van der Waals surface area contributed by atoms with Crippen molar-refractivity contribution in [1.82, 2.24) is 5.32 Å². The molecule has 3 aromatic rings. The Hall–Kier alpha value is -3.34. The van der Waals surface area contributed by atoms with Gasteiger partial charge in [0.2, 0.25) is 0 Å². The fraction of sp³-hybridized carbons (Fsp3) is 0.217. The van der Waals surface area contributed by atoms with Gasteiger partial charge in [0.05, 0.1) is 0 Å². The zero-order chi connectivity index (χ0) is 20.0. The number of hydrogen-bond acceptors (Lipinski definition) is 3. The highest BCUT2D eigenvalue weighted by molar-refractivity contribution is 5.90. The van der Waals surface area contributed by atoms with Crippen LogP contribution in [-0.4, -0.2) is 24.1 Å². The molecular formula is C23H24N2O3. The number of rotatable bonds is 7. The Morgan fingerprint density at radius 3 is 2.39 bits per heavy atom. The van der Waals surface area contributed by atoms with E-state index >= 15 is 0 Å². The average molecular weight is 376 g/mol. The number of nitrogens with one attached hydrogen (secondary N) is 1. The van der Waals surface area contributed by atoms with Crippen molar-refractivity contribution in [2.45, 2.75) is 25.4 Å². The molecule has 0 radical (unpaired) electrons. The van der Waals surface area contributed by atoms with Crippen LogP contribution >= 0.6 is 0 Å². The molecule has 0 aliphatic heterocycles. The highest BCUT2D eigenvalue weighted by Gasteiger charge is 2.37. The topological polar surface area (TPSA) is 81.4 Å². The molecule has 0 aliphatic carbocycles. The molecule has 3 N–H and O–H groups in total. The van der Waals surface area contributed by atoms with E-state index in [4.69, 9.17) is 10.5 Å². The summed E-state index contributed by atoms with van der Waals surface area (Å²) in [5, 5.41) is 4.95. The number of carbonyl (C=O) groups excluding carboxylic acids is 2. The summed E-state index contributed by atoms with van der Waals surface area (Å²) in [5.41, 5.74) is 5.90. The molecule has 5 heteroatoms. The second-order valence-corrected chi connectivity index (χ2v) is 6.96. The minimum absolute atomic E-state index is 0.231. The lowest BCUT2D eigenvalue weighted by Crippen LogP contribution is -2.50. The molecule has 0 heterocycles. The van der Waals surface area contributed by atoms with Gasteiger partial charge in [-0.2, -0.15) is 0 Å². The summed E-state index contributed by atoms with van der Waals surface area (Å²) in [6.07, 6.45) is -0.0527. The van der Waals surface area contributed by atoms with E-state index in [1.165, 1.54) is 0 Å². The van der Waals surface area contributed by atoms with Gasteiger partial charge in [0.25, 0.3) is 5.91 Å². The number of amides is 2. The number of nitrogens with two attached hydrogens (primary N) is 1. The molecule has 0 bridgehead atoms. The van der Waals surface area contributed by atoms with Crippen molar-refractivity contribution >= 4 is 22.8 Å². The van der Waals surface area contributed by atoms with Gasteiger partial charge in [-0.3, -0.25) is 4.79 Å². The Morgan fingerprint density at radius 1 is 0.964 bits per heavy atom. The van der Waals surface area contributed by atoms with E-state index in [1.54, 1.807) is 6.92 Å². The summed E-state index contributed by atoms with van der Waals surface area (Å²) < 4.78 is 5.28. The van der Waals surface area contributed by atoms with Gasteiger partial charge < -0.3 is 15.8 Å². The summed E-state index contributed by atoms with van der Waals surface area (Å²) in [7, 11) is 0. The molecule has 1 unspecified atom stereocenters. The number of hydrogen-bond donors (Lipinski definition) is 2. The first-order valence-electron chi connectivity index (χ1n) is 9.25. The van der Waals surface area contributed by atoms with E-state index in [9.17, 15) is 9.59 Å². The summed E-state index contributed by atoms with van der Waals surface area (Å²) >= 11 is 0. The van der Waals surface area contributed by atoms with E-state index in [2.05, 4.69) is 5.32 Å². The molecule has 5 nitrogen and oxygen atoms in total. The SMILES string of the molecule is CC(Cc1cccc2ccccc12)(OC(N)=O)C(=O)NCCc1ccccc1. The van der Waals surface area contributed by atoms with Crippen LogP contribution in [0.4, 0.5) is 4.79 Å². The molecule has 0 spiro atoms. The maximum Gasteiger partial charge on any atom is 0.405 e. The van der Waals surface area contributed by atoms with Crippen molar-refractivity contribution in [2.75, 3.05) is 6.54 Å². The quantitative estimate of drug-likeness (QED) is 0.661. The van der Waals surface area contributed by atoms with Gasteiger partial charge in [-0.1, -0.05) is 72.8 Å². The smallest absolute Gasteiger partial charge is 0.405 e. The second kappa shape index (κ2) is 8.57. The van der Waals surface area contributed by atoms with Crippen LogP contribution in [0.2, 0.25) is 0 Å². The van der Waals surface area contributed by atoms with Gasteiger partial charge in [0, 0.05) is 13.0 Å². The summed E-state index contributed by atoms with van der Waals surface area (Å²) in [4.78, 5) is 24.4. The van der Waals surface area contributed by atoms with Gasteiger partial charge in [-0.05, 0) is 35.2 Å². The predicted molar refractivity (Wildman–Crippen MR) is 110 cm³/mol. The maximum atomic E-state index is 12.9. The summed E-state index contributed by atoms with van der Waals surface area (Å²) in [6, 6.07) is 23.6. The standard InChI is InChI=1S/C23H24N2O3/c1-23(28-22(24)27,21(26)25-15-14-17-8-3-2-4-9-17)16-19-12-7-11-18-10-5-6-13-20(18)19/h2-13H,14-16H2,1H3,(H2,24,27)(H,25,26). The van der Waals surface area contributed by atoms with E-state index in [0.29, 0.717) is 13.0 Å². The predicted octanol–water partition coefficient (Wildman–Crippen LogP) is 3.60. The normalized spacial score (nSPS) is 12.9. The third-order valence-electron chi connectivity index (χ3n) is 4.76. The lowest BCUT2D eigenvalue weighted by Gasteiger charge is -2.28.